The molecule has 1 heterocycles. The summed E-state index contributed by atoms with van der Waals surface area (Å²) in [6.45, 7) is 5.67. The molecule has 2 atom stereocenters. The number of carbonyl (C=O) groups excluding carboxylic acids is 2. The fourth-order valence-corrected chi connectivity index (χ4v) is 2.35. The van der Waals surface area contributed by atoms with Crippen LogP contribution >= 0.6 is 11.6 Å². The third-order valence-corrected chi connectivity index (χ3v) is 3.63. The maximum absolute atomic E-state index is 12.3. The summed E-state index contributed by atoms with van der Waals surface area (Å²) in [5, 5.41) is 3.27. The van der Waals surface area contributed by atoms with E-state index in [1.54, 1.807) is 31.2 Å². The molecule has 1 N–H and O–H groups in total. The van der Waals surface area contributed by atoms with Crippen molar-refractivity contribution >= 4 is 29.5 Å². The lowest BCUT2D eigenvalue weighted by atomic mass is 9.96. The van der Waals surface area contributed by atoms with Crippen LogP contribution in [-0.2, 0) is 14.3 Å². The number of halogens is 1. The summed E-state index contributed by atoms with van der Waals surface area (Å²) in [5.41, 5.74) is 0.739. The van der Waals surface area contributed by atoms with Crippen LogP contribution in [0, 0.1) is 5.92 Å². The number of hydrogen-bond acceptors (Lipinski definition) is 5. The molecule has 1 aliphatic rings. The fourth-order valence-electron chi connectivity index (χ4n) is 2.22. The second kappa shape index (κ2) is 7.46. The van der Waals surface area contributed by atoms with E-state index in [1.165, 1.54) is 0 Å². The Morgan fingerprint density at radius 1 is 1.35 bits per heavy atom. The first-order valence-corrected chi connectivity index (χ1v) is 7.78. The molecule has 0 spiro atoms. The number of amidine groups is 1. The zero-order valence-corrected chi connectivity index (χ0v) is 14.0. The Hall–Kier alpha value is -2.08. The van der Waals surface area contributed by atoms with Gasteiger partial charge in [-0.3, -0.25) is 9.79 Å². The van der Waals surface area contributed by atoms with Gasteiger partial charge in [0.2, 0.25) is 6.10 Å². The minimum absolute atomic E-state index is 0.00257. The average molecular weight is 339 g/mol. The smallest absolute Gasteiger partial charge is 0.435 e. The molecule has 0 aromatic heterocycles. The first kappa shape index (κ1) is 17.3. The molecule has 0 bridgehead atoms. The third-order valence-electron chi connectivity index (χ3n) is 3.37. The van der Waals surface area contributed by atoms with E-state index in [0.717, 1.165) is 5.56 Å². The van der Waals surface area contributed by atoms with Crippen LogP contribution in [0.15, 0.2) is 29.3 Å². The van der Waals surface area contributed by atoms with E-state index in [4.69, 9.17) is 21.1 Å². The van der Waals surface area contributed by atoms with E-state index in [0.29, 0.717) is 10.9 Å². The van der Waals surface area contributed by atoms with Crippen LogP contribution in [0.3, 0.4) is 0 Å². The topological polar surface area (TPSA) is 77.0 Å². The van der Waals surface area contributed by atoms with Crippen molar-refractivity contribution in [1.82, 2.24) is 5.32 Å². The summed E-state index contributed by atoms with van der Waals surface area (Å²) in [4.78, 5) is 28.4. The van der Waals surface area contributed by atoms with Crippen molar-refractivity contribution < 1.29 is 19.1 Å². The highest BCUT2D eigenvalue weighted by Gasteiger charge is 2.38. The number of hydrogen-bond donors (Lipinski definition) is 1. The number of nitrogens with zero attached hydrogens (tertiary/aromatic N) is 1. The Morgan fingerprint density at radius 2 is 2.00 bits per heavy atom. The molecular formula is C16H19ClN2O4. The molecule has 2 rings (SSSR count). The van der Waals surface area contributed by atoms with Crippen molar-refractivity contribution in [1.29, 1.82) is 0 Å². The van der Waals surface area contributed by atoms with Crippen LogP contribution in [0.4, 0.5) is 4.79 Å². The number of benzene rings is 1. The largest absolute Gasteiger partial charge is 0.509 e. The number of nitrogens with one attached hydrogen (secondary N) is 1. The molecule has 124 valence electrons. The Labute approximate surface area is 139 Å². The molecular weight excluding hydrogens is 320 g/mol. The van der Waals surface area contributed by atoms with E-state index in [-0.39, 0.29) is 12.5 Å². The molecule has 2 unspecified atom stereocenters. The normalized spacial score (nSPS) is 20.7. The molecule has 0 fully saturated rings. The molecule has 0 saturated carbocycles. The summed E-state index contributed by atoms with van der Waals surface area (Å²) in [6.07, 6.45) is -1.88. The van der Waals surface area contributed by atoms with Gasteiger partial charge in [-0.1, -0.05) is 25.4 Å². The zero-order valence-electron chi connectivity index (χ0n) is 13.2. The average Bonchev–Trinajstić information content (AvgIpc) is 2.50. The lowest BCUT2D eigenvalue weighted by molar-refractivity contribution is -0.132. The molecule has 6 nitrogen and oxygen atoms in total. The second-order valence-electron chi connectivity index (χ2n) is 5.43. The summed E-state index contributed by atoms with van der Waals surface area (Å²) >= 11 is 5.87. The van der Waals surface area contributed by atoms with Gasteiger partial charge in [0.1, 0.15) is 11.9 Å². The second-order valence-corrected chi connectivity index (χ2v) is 5.87. The molecule has 1 aromatic rings. The highest BCUT2D eigenvalue weighted by Crippen LogP contribution is 2.21. The minimum Gasteiger partial charge on any atom is -0.435 e. The molecule has 0 radical (unpaired) electrons. The summed E-state index contributed by atoms with van der Waals surface area (Å²) in [7, 11) is 0. The maximum Gasteiger partial charge on any atom is 0.509 e. The first-order chi connectivity index (χ1) is 10.9. The third kappa shape index (κ3) is 4.22. The summed E-state index contributed by atoms with van der Waals surface area (Å²) in [5.74, 6) is 0.0218. The zero-order chi connectivity index (χ0) is 17.0. The molecule has 0 saturated heterocycles. The van der Waals surface area contributed by atoms with Gasteiger partial charge in [-0.05, 0) is 37.1 Å². The first-order valence-electron chi connectivity index (χ1n) is 7.40. The molecule has 1 aliphatic heterocycles. The van der Waals surface area contributed by atoms with Crippen LogP contribution in [0.25, 0.3) is 0 Å². The molecule has 0 aliphatic carbocycles. The van der Waals surface area contributed by atoms with Gasteiger partial charge in [-0.25, -0.2) is 4.79 Å². The van der Waals surface area contributed by atoms with Gasteiger partial charge in [0, 0.05) is 10.6 Å². The summed E-state index contributed by atoms with van der Waals surface area (Å²) in [6, 6.07) is 6.49. The molecule has 7 heteroatoms. The van der Waals surface area contributed by atoms with E-state index in [9.17, 15) is 9.59 Å². The predicted octanol–water partition coefficient (Wildman–Crippen LogP) is 2.78. The van der Waals surface area contributed by atoms with E-state index < -0.39 is 24.2 Å². The van der Waals surface area contributed by atoms with Crippen molar-refractivity contribution in [3.63, 3.8) is 0 Å². The predicted molar refractivity (Wildman–Crippen MR) is 86.7 cm³/mol. The van der Waals surface area contributed by atoms with Crippen molar-refractivity contribution in [2.75, 3.05) is 6.61 Å². The van der Waals surface area contributed by atoms with E-state index >= 15 is 0 Å². The van der Waals surface area contributed by atoms with Crippen LogP contribution in [0.2, 0.25) is 5.02 Å². The number of rotatable bonds is 4. The number of amides is 1. The maximum atomic E-state index is 12.3. The standard InChI is InChI=1S/C16H19ClN2O4/c1-4-22-16(21)23-13-12(9(2)3)18-14(19-15(13)20)10-5-7-11(17)8-6-10/h5-9,12-13H,4H2,1-3H3,(H,18,19,20). The Morgan fingerprint density at radius 3 is 2.57 bits per heavy atom. The lowest BCUT2D eigenvalue weighted by Gasteiger charge is -2.30. The SMILES string of the molecule is CCOC(=O)OC1C(=O)NC(c2ccc(Cl)cc2)=NC1C(C)C. The highest BCUT2D eigenvalue weighted by molar-refractivity contribution is 6.30. The molecule has 23 heavy (non-hydrogen) atoms. The number of carbonyl (C=O) groups is 2. The monoisotopic (exact) mass is 338 g/mol. The molecule has 1 aromatic carbocycles. The van der Waals surface area contributed by atoms with Crippen LogP contribution in [0.1, 0.15) is 26.3 Å². The summed E-state index contributed by atoms with van der Waals surface area (Å²) < 4.78 is 9.86. The lowest BCUT2D eigenvalue weighted by Crippen LogP contribution is -2.53. The Kier molecular flexibility index (Phi) is 5.60. The highest BCUT2D eigenvalue weighted by atomic mass is 35.5. The Bertz CT molecular complexity index is 613. The molecule has 1 amide bonds. The van der Waals surface area contributed by atoms with Gasteiger partial charge in [0.05, 0.1) is 6.61 Å². The van der Waals surface area contributed by atoms with Gasteiger partial charge in [0.15, 0.2) is 0 Å². The van der Waals surface area contributed by atoms with Gasteiger partial charge >= 0.3 is 6.16 Å². The van der Waals surface area contributed by atoms with Crippen LogP contribution in [0.5, 0.6) is 0 Å². The van der Waals surface area contributed by atoms with Crippen molar-refractivity contribution in [3.05, 3.63) is 34.9 Å². The Balaban J connectivity index is 2.27. The number of aliphatic imine (C=N–C) groups is 1. The van der Waals surface area contributed by atoms with Crippen molar-refractivity contribution in [3.8, 4) is 0 Å². The van der Waals surface area contributed by atoms with Crippen molar-refractivity contribution in [2.45, 2.75) is 32.9 Å². The van der Waals surface area contributed by atoms with Gasteiger partial charge in [0.25, 0.3) is 5.91 Å². The van der Waals surface area contributed by atoms with Crippen molar-refractivity contribution in [2.24, 2.45) is 10.9 Å². The quantitative estimate of drug-likeness (QED) is 0.856. The van der Waals surface area contributed by atoms with Gasteiger partial charge in [-0.15, -0.1) is 0 Å². The number of ether oxygens (including phenoxy) is 2. The van der Waals surface area contributed by atoms with Gasteiger partial charge < -0.3 is 14.8 Å². The van der Waals surface area contributed by atoms with Gasteiger partial charge in [-0.2, -0.15) is 0 Å². The minimum atomic E-state index is -1.01. The van der Waals surface area contributed by atoms with Crippen LogP contribution < -0.4 is 5.32 Å². The van der Waals surface area contributed by atoms with Crippen LogP contribution in [-0.4, -0.2) is 36.7 Å². The fraction of sp³-hybridized carbons (Fsp3) is 0.438. The van der Waals surface area contributed by atoms with E-state index in [1.807, 2.05) is 13.8 Å². The van der Waals surface area contributed by atoms with E-state index in [2.05, 4.69) is 10.3 Å².